The van der Waals surface area contributed by atoms with Crippen molar-refractivity contribution in [3.05, 3.63) is 12.2 Å². The van der Waals surface area contributed by atoms with Gasteiger partial charge in [0, 0.05) is 0 Å². The molecule has 62 heavy (non-hydrogen) atoms. The predicted molar refractivity (Wildman–Crippen MR) is 247 cm³/mol. The first-order chi connectivity index (χ1) is 29.8. The molecule has 0 spiro atoms. The number of phosphoric acid groups is 1. The van der Waals surface area contributed by atoms with E-state index in [9.17, 15) is 50.0 Å². The SMILES string of the molecule is CCCCCCCCCCCCCCCC/C=C/C(O)C(COP(=O)(O)OC1C(O)C(O)C(O)C(O)C1O)NC(=O)CC(O)CCCCCCCCCCCCCCCCCC. The lowest BCUT2D eigenvalue weighted by Gasteiger charge is -2.41. The summed E-state index contributed by atoms with van der Waals surface area (Å²) in [5, 5.41) is 74.6. The molecule has 0 aliphatic heterocycles. The first kappa shape index (κ1) is 59.1. The summed E-state index contributed by atoms with van der Waals surface area (Å²) >= 11 is 0. The molecule has 14 heteroatoms. The highest BCUT2D eigenvalue weighted by Crippen LogP contribution is 2.47. The van der Waals surface area contributed by atoms with Crippen LogP contribution in [-0.4, -0.2) is 108 Å². The lowest BCUT2D eigenvalue weighted by molar-refractivity contribution is -0.220. The molecule has 368 valence electrons. The van der Waals surface area contributed by atoms with Gasteiger partial charge < -0.3 is 46.0 Å². The van der Waals surface area contributed by atoms with E-state index in [0.29, 0.717) is 12.8 Å². The summed E-state index contributed by atoms with van der Waals surface area (Å²) in [6.07, 6.45) is 27.2. The van der Waals surface area contributed by atoms with Gasteiger partial charge in [-0.1, -0.05) is 212 Å². The van der Waals surface area contributed by atoms with E-state index in [2.05, 4.69) is 19.2 Å². The number of carbonyl (C=O) groups is 1. The molecule has 1 rings (SSSR count). The van der Waals surface area contributed by atoms with Gasteiger partial charge in [-0.25, -0.2) is 4.57 Å². The molecular weight excluding hydrogens is 813 g/mol. The molecule has 1 aliphatic rings. The minimum atomic E-state index is -5.14. The summed E-state index contributed by atoms with van der Waals surface area (Å²) in [6.45, 7) is 3.76. The minimum Gasteiger partial charge on any atom is -0.393 e. The fourth-order valence-corrected chi connectivity index (χ4v) is 9.21. The Morgan fingerprint density at radius 3 is 1.32 bits per heavy atom. The quantitative estimate of drug-likeness (QED) is 0.0159. The number of hydrogen-bond donors (Lipinski definition) is 9. The Morgan fingerprint density at radius 1 is 0.565 bits per heavy atom. The maximum atomic E-state index is 13.0. The molecule has 0 aromatic carbocycles. The van der Waals surface area contributed by atoms with E-state index in [1.807, 2.05) is 0 Å². The van der Waals surface area contributed by atoms with E-state index in [4.69, 9.17) is 9.05 Å². The molecule has 9 N–H and O–H groups in total. The second-order valence-corrected chi connectivity index (χ2v) is 19.6. The maximum absolute atomic E-state index is 13.0. The summed E-state index contributed by atoms with van der Waals surface area (Å²) in [7, 11) is -5.14. The van der Waals surface area contributed by atoms with Crippen molar-refractivity contribution in [1.82, 2.24) is 5.32 Å². The number of aliphatic hydroxyl groups is 7. The molecular formula is C48H94NO12P. The second kappa shape index (κ2) is 38.2. The molecule has 0 aromatic rings. The van der Waals surface area contributed by atoms with E-state index in [1.165, 1.54) is 154 Å². The Morgan fingerprint density at radius 2 is 0.919 bits per heavy atom. The number of allylic oxidation sites excluding steroid dienone is 1. The summed E-state index contributed by atoms with van der Waals surface area (Å²) in [5.41, 5.74) is 0. The molecule has 0 radical (unpaired) electrons. The molecule has 0 saturated heterocycles. The summed E-state index contributed by atoms with van der Waals surface area (Å²) < 4.78 is 22.9. The second-order valence-electron chi connectivity index (χ2n) is 18.2. The lowest BCUT2D eigenvalue weighted by Crippen LogP contribution is -2.64. The van der Waals surface area contributed by atoms with Crippen molar-refractivity contribution in [3.63, 3.8) is 0 Å². The van der Waals surface area contributed by atoms with Crippen LogP contribution in [-0.2, 0) is 18.4 Å². The van der Waals surface area contributed by atoms with Gasteiger partial charge in [0.2, 0.25) is 5.91 Å². The highest BCUT2D eigenvalue weighted by atomic mass is 31.2. The standard InChI is InChI=1S/C48H94NO12P/c1-3-5-7-9-11-13-15-17-19-21-23-25-27-29-31-33-35-39(50)37-42(52)49-40(38-60-62(58,59)61-48-46(56)44(54)43(53)45(55)47(48)57)41(51)36-34-32-30-28-26-24-22-20-18-16-14-12-10-8-6-4-2/h34,36,39-41,43-48,50-51,53-57H,3-33,35,37-38H2,1-2H3,(H,49,52)(H,58,59)/b36-34+. The third-order valence-corrected chi connectivity index (χ3v) is 13.4. The first-order valence-corrected chi connectivity index (χ1v) is 26.7. The molecule has 8 atom stereocenters. The number of aliphatic hydroxyl groups excluding tert-OH is 7. The van der Waals surface area contributed by atoms with Crippen molar-refractivity contribution in [2.45, 2.75) is 281 Å². The van der Waals surface area contributed by atoms with E-state index < -0.39 is 75.2 Å². The molecule has 0 heterocycles. The lowest BCUT2D eigenvalue weighted by atomic mass is 9.85. The number of nitrogens with one attached hydrogen (secondary N) is 1. The highest BCUT2D eigenvalue weighted by molar-refractivity contribution is 7.47. The number of unbranched alkanes of at least 4 members (excludes halogenated alkanes) is 29. The van der Waals surface area contributed by atoms with Gasteiger partial charge in [0.1, 0.15) is 36.6 Å². The minimum absolute atomic E-state index is 0.240. The zero-order valence-corrected chi connectivity index (χ0v) is 39.9. The maximum Gasteiger partial charge on any atom is 0.472 e. The number of carbonyl (C=O) groups excluding carboxylic acids is 1. The van der Waals surface area contributed by atoms with Crippen molar-refractivity contribution < 1.29 is 59.0 Å². The van der Waals surface area contributed by atoms with Crippen LogP contribution in [0.4, 0.5) is 0 Å². The summed E-state index contributed by atoms with van der Waals surface area (Å²) in [6, 6.07) is -1.24. The van der Waals surface area contributed by atoms with Crippen LogP contribution < -0.4 is 5.32 Å². The Hall–Kier alpha value is -0.960. The first-order valence-electron chi connectivity index (χ1n) is 25.2. The van der Waals surface area contributed by atoms with Gasteiger partial charge in [0.15, 0.2) is 0 Å². The topological polar surface area (TPSA) is 226 Å². The van der Waals surface area contributed by atoms with Gasteiger partial charge in [-0.15, -0.1) is 0 Å². The Kier molecular flexibility index (Phi) is 36.4. The molecule has 1 fully saturated rings. The van der Waals surface area contributed by atoms with E-state index >= 15 is 0 Å². The van der Waals surface area contributed by atoms with Crippen LogP contribution in [0.5, 0.6) is 0 Å². The zero-order chi connectivity index (χ0) is 45.9. The van der Waals surface area contributed by atoms with Gasteiger partial charge in [0.25, 0.3) is 0 Å². The van der Waals surface area contributed by atoms with Crippen LogP contribution in [0, 0.1) is 0 Å². The van der Waals surface area contributed by atoms with Gasteiger partial charge >= 0.3 is 7.82 Å². The largest absolute Gasteiger partial charge is 0.472 e. The molecule has 1 amide bonds. The van der Waals surface area contributed by atoms with Crippen LogP contribution in [0.25, 0.3) is 0 Å². The van der Waals surface area contributed by atoms with Gasteiger partial charge in [-0.3, -0.25) is 13.8 Å². The predicted octanol–water partition coefficient (Wildman–Crippen LogP) is 8.98. The van der Waals surface area contributed by atoms with Gasteiger partial charge in [0.05, 0.1) is 31.3 Å². The van der Waals surface area contributed by atoms with Crippen LogP contribution in [0.3, 0.4) is 0 Å². The third-order valence-electron chi connectivity index (χ3n) is 12.4. The van der Waals surface area contributed by atoms with Crippen LogP contribution >= 0.6 is 7.82 Å². The van der Waals surface area contributed by atoms with Gasteiger partial charge in [-0.05, 0) is 19.3 Å². The number of amides is 1. The van der Waals surface area contributed by atoms with Crippen LogP contribution in [0.15, 0.2) is 12.2 Å². The van der Waals surface area contributed by atoms with Crippen LogP contribution in [0.1, 0.15) is 226 Å². The number of rotatable bonds is 42. The van der Waals surface area contributed by atoms with E-state index in [0.717, 1.165) is 44.9 Å². The van der Waals surface area contributed by atoms with Crippen molar-refractivity contribution in [1.29, 1.82) is 0 Å². The Labute approximate surface area is 376 Å². The number of hydrogen-bond acceptors (Lipinski definition) is 11. The zero-order valence-electron chi connectivity index (χ0n) is 39.1. The molecule has 0 bridgehead atoms. The van der Waals surface area contributed by atoms with Crippen molar-refractivity contribution in [3.8, 4) is 0 Å². The molecule has 13 nitrogen and oxygen atoms in total. The third kappa shape index (κ3) is 29.5. The molecule has 1 saturated carbocycles. The van der Waals surface area contributed by atoms with Gasteiger partial charge in [-0.2, -0.15) is 0 Å². The normalized spacial score (nSPS) is 23.1. The fourth-order valence-electron chi connectivity index (χ4n) is 8.24. The average molecular weight is 908 g/mol. The van der Waals surface area contributed by atoms with Crippen molar-refractivity contribution in [2.75, 3.05) is 6.61 Å². The monoisotopic (exact) mass is 908 g/mol. The highest BCUT2D eigenvalue weighted by Gasteiger charge is 2.51. The van der Waals surface area contributed by atoms with Crippen LogP contribution in [0.2, 0.25) is 0 Å². The van der Waals surface area contributed by atoms with E-state index in [1.54, 1.807) is 6.08 Å². The Balaban J connectivity index is 2.50. The Bertz CT molecular complexity index is 1120. The summed E-state index contributed by atoms with van der Waals surface area (Å²) in [5.74, 6) is -0.589. The molecule has 1 aliphatic carbocycles. The van der Waals surface area contributed by atoms with Crippen molar-refractivity contribution in [2.24, 2.45) is 0 Å². The summed E-state index contributed by atoms with van der Waals surface area (Å²) in [4.78, 5) is 23.5. The average Bonchev–Trinajstić information content (AvgIpc) is 3.24. The number of phosphoric ester groups is 1. The fraction of sp³-hybridized carbons (Fsp3) is 0.938. The smallest absolute Gasteiger partial charge is 0.393 e. The molecule has 8 unspecified atom stereocenters. The molecule has 0 aromatic heterocycles. The van der Waals surface area contributed by atoms with E-state index in [-0.39, 0.29) is 6.42 Å². The van der Waals surface area contributed by atoms with Crippen molar-refractivity contribution >= 4 is 13.7 Å².